The third-order valence-electron chi connectivity index (χ3n) is 1.13. The lowest BCUT2D eigenvalue weighted by molar-refractivity contribution is -0.119. The van der Waals surface area contributed by atoms with Gasteiger partial charge in [0.05, 0.1) is 18.6 Å². The highest BCUT2D eigenvalue weighted by Crippen LogP contribution is 2.03. The van der Waals surface area contributed by atoms with E-state index in [1.54, 1.807) is 11.7 Å². The van der Waals surface area contributed by atoms with Gasteiger partial charge in [-0.25, -0.2) is 0 Å². The van der Waals surface area contributed by atoms with Crippen molar-refractivity contribution in [3.63, 3.8) is 0 Å². The molecule has 0 saturated carbocycles. The van der Waals surface area contributed by atoms with Crippen molar-refractivity contribution in [2.45, 2.75) is 6.54 Å². The topological polar surface area (TPSA) is 68.0 Å². The van der Waals surface area contributed by atoms with Crippen LogP contribution in [0.5, 0.6) is 0 Å². The first kappa shape index (κ1) is 8.16. The maximum absolute atomic E-state index is 10.7. The average Bonchev–Trinajstić information content (AvgIpc) is 2.52. The summed E-state index contributed by atoms with van der Waals surface area (Å²) in [4.78, 5) is 15.6. The van der Waals surface area contributed by atoms with Crippen LogP contribution in [-0.4, -0.2) is 17.4 Å². The van der Waals surface area contributed by atoms with Gasteiger partial charge in [0.15, 0.2) is 0 Å². The van der Waals surface area contributed by atoms with Crippen LogP contribution in [0.4, 0.5) is 0 Å². The number of thiazole rings is 1. The van der Waals surface area contributed by atoms with Crippen molar-refractivity contribution in [1.29, 1.82) is 0 Å². The third kappa shape index (κ3) is 2.65. The van der Waals surface area contributed by atoms with Crippen molar-refractivity contribution in [1.82, 2.24) is 10.3 Å². The van der Waals surface area contributed by atoms with E-state index in [-0.39, 0.29) is 12.5 Å². The molecule has 5 heteroatoms. The Balaban J connectivity index is 2.29. The van der Waals surface area contributed by atoms with Gasteiger partial charge in [-0.3, -0.25) is 9.78 Å². The van der Waals surface area contributed by atoms with E-state index in [1.165, 1.54) is 11.3 Å². The van der Waals surface area contributed by atoms with Crippen molar-refractivity contribution in [2.24, 2.45) is 5.73 Å². The van der Waals surface area contributed by atoms with Gasteiger partial charge in [-0.2, -0.15) is 0 Å². The summed E-state index contributed by atoms with van der Waals surface area (Å²) in [5.41, 5.74) is 6.81. The Bertz CT molecular complexity index is 222. The molecule has 0 aliphatic heterocycles. The van der Waals surface area contributed by atoms with Gasteiger partial charge < -0.3 is 11.1 Å². The number of nitrogens with two attached hydrogens (primary N) is 1. The van der Waals surface area contributed by atoms with Gasteiger partial charge in [0.2, 0.25) is 5.91 Å². The van der Waals surface area contributed by atoms with Gasteiger partial charge in [0.1, 0.15) is 0 Å². The Morgan fingerprint density at radius 3 is 3.18 bits per heavy atom. The predicted molar refractivity (Wildman–Crippen MR) is 43.0 cm³/mol. The van der Waals surface area contributed by atoms with Crippen molar-refractivity contribution >= 4 is 17.2 Å². The van der Waals surface area contributed by atoms with E-state index in [9.17, 15) is 4.79 Å². The molecule has 1 aromatic heterocycles. The Morgan fingerprint density at radius 2 is 2.64 bits per heavy atom. The fourth-order valence-electron chi connectivity index (χ4n) is 0.587. The van der Waals surface area contributed by atoms with Gasteiger partial charge in [-0.1, -0.05) is 0 Å². The molecule has 0 spiro atoms. The molecule has 0 aliphatic rings. The van der Waals surface area contributed by atoms with Crippen LogP contribution in [0.25, 0.3) is 0 Å². The van der Waals surface area contributed by atoms with E-state index in [4.69, 9.17) is 5.73 Å². The lowest BCUT2D eigenvalue weighted by Crippen LogP contribution is -2.29. The van der Waals surface area contributed by atoms with E-state index < -0.39 is 0 Å². The molecule has 0 unspecified atom stereocenters. The van der Waals surface area contributed by atoms with Gasteiger partial charge in [-0.15, -0.1) is 11.3 Å². The highest BCUT2D eigenvalue weighted by molar-refractivity contribution is 7.09. The predicted octanol–water partition coefficient (Wildman–Crippen LogP) is -0.282. The fourth-order valence-corrected chi connectivity index (χ4v) is 1.12. The molecular weight excluding hydrogens is 162 g/mol. The summed E-state index contributed by atoms with van der Waals surface area (Å²) in [5.74, 6) is -0.140. The Hall–Kier alpha value is -0.940. The third-order valence-corrected chi connectivity index (χ3v) is 1.91. The molecule has 3 N–H and O–H groups in total. The molecule has 1 rings (SSSR count). The van der Waals surface area contributed by atoms with Crippen LogP contribution < -0.4 is 11.1 Å². The Labute approximate surface area is 68.4 Å². The molecule has 4 nitrogen and oxygen atoms in total. The van der Waals surface area contributed by atoms with Crippen molar-refractivity contribution < 1.29 is 4.79 Å². The first-order valence-corrected chi connectivity index (χ1v) is 4.05. The van der Waals surface area contributed by atoms with Gasteiger partial charge in [-0.05, 0) is 0 Å². The zero-order chi connectivity index (χ0) is 8.10. The fraction of sp³-hybridized carbons (Fsp3) is 0.333. The van der Waals surface area contributed by atoms with E-state index in [0.29, 0.717) is 6.54 Å². The van der Waals surface area contributed by atoms with Gasteiger partial charge in [0.25, 0.3) is 0 Å². The maximum atomic E-state index is 10.7. The summed E-state index contributed by atoms with van der Waals surface area (Å²) in [5, 5.41) is 2.64. The summed E-state index contributed by atoms with van der Waals surface area (Å²) in [6.45, 7) is 0.569. The molecule has 0 radical (unpaired) electrons. The standard InChI is InChI=1S/C6H9N3OS/c7-1-6(10)9-3-5-2-8-4-11-5/h2,4H,1,3,7H2,(H,9,10). The molecule has 11 heavy (non-hydrogen) atoms. The molecule has 1 heterocycles. The summed E-state index contributed by atoms with van der Waals surface area (Å²) < 4.78 is 0. The normalized spacial score (nSPS) is 9.55. The number of aromatic nitrogens is 1. The van der Waals surface area contributed by atoms with E-state index in [1.807, 2.05) is 0 Å². The van der Waals surface area contributed by atoms with Crippen LogP contribution in [0.15, 0.2) is 11.7 Å². The smallest absolute Gasteiger partial charge is 0.234 e. The molecule has 0 bridgehead atoms. The van der Waals surface area contributed by atoms with Crippen molar-refractivity contribution in [3.8, 4) is 0 Å². The number of carbonyl (C=O) groups is 1. The second-order valence-electron chi connectivity index (χ2n) is 1.95. The second-order valence-corrected chi connectivity index (χ2v) is 2.92. The zero-order valence-electron chi connectivity index (χ0n) is 5.91. The minimum Gasteiger partial charge on any atom is -0.350 e. The van der Waals surface area contributed by atoms with Crippen LogP contribution in [-0.2, 0) is 11.3 Å². The van der Waals surface area contributed by atoms with Crippen molar-refractivity contribution in [2.75, 3.05) is 6.54 Å². The van der Waals surface area contributed by atoms with Crippen LogP contribution in [0.3, 0.4) is 0 Å². The number of nitrogens with zero attached hydrogens (tertiary/aromatic N) is 1. The number of rotatable bonds is 3. The molecule has 1 amide bonds. The minimum atomic E-state index is -0.140. The molecular formula is C6H9N3OS. The van der Waals surface area contributed by atoms with Gasteiger partial charge in [0, 0.05) is 11.1 Å². The summed E-state index contributed by atoms with van der Waals surface area (Å²) in [6, 6.07) is 0. The minimum absolute atomic E-state index is 0.0405. The highest BCUT2D eigenvalue weighted by Gasteiger charge is 1.97. The molecule has 0 fully saturated rings. The number of carbonyl (C=O) groups excluding carboxylic acids is 1. The number of hydrogen-bond donors (Lipinski definition) is 2. The Kier molecular flexibility index (Phi) is 3.00. The molecule has 0 aromatic carbocycles. The van der Waals surface area contributed by atoms with Crippen LogP contribution in [0.1, 0.15) is 4.88 Å². The molecule has 1 aromatic rings. The number of amides is 1. The number of hydrogen-bond acceptors (Lipinski definition) is 4. The molecule has 0 aliphatic carbocycles. The quantitative estimate of drug-likeness (QED) is 0.657. The monoisotopic (exact) mass is 171 g/mol. The van der Waals surface area contributed by atoms with Crippen LogP contribution in [0, 0.1) is 0 Å². The maximum Gasteiger partial charge on any atom is 0.234 e. The SMILES string of the molecule is NCC(=O)NCc1cncs1. The van der Waals surface area contributed by atoms with E-state index in [2.05, 4.69) is 10.3 Å². The summed E-state index contributed by atoms with van der Waals surface area (Å²) >= 11 is 1.51. The molecule has 60 valence electrons. The summed E-state index contributed by atoms with van der Waals surface area (Å²) in [6.07, 6.45) is 1.72. The van der Waals surface area contributed by atoms with Crippen molar-refractivity contribution in [3.05, 3.63) is 16.6 Å². The van der Waals surface area contributed by atoms with Gasteiger partial charge >= 0.3 is 0 Å². The van der Waals surface area contributed by atoms with Crippen LogP contribution in [0.2, 0.25) is 0 Å². The van der Waals surface area contributed by atoms with Crippen LogP contribution >= 0.6 is 11.3 Å². The first-order chi connectivity index (χ1) is 5.33. The van der Waals surface area contributed by atoms with E-state index in [0.717, 1.165) is 4.88 Å². The first-order valence-electron chi connectivity index (χ1n) is 3.17. The van der Waals surface area contributed by atoms with E-state index >= 15 is 0 Å². The lowest BCUT2D eigenvalue weighted by Gasteiger charge is -1.98. The molecule has 0 saturated heterocycles. The Morgan fingerprint density at radius 1 is 1.82 bits per heavy atom. The average molecular weight is 171 g/mol. The lowest BCUT2D eigenvalue weighted by atomic mass is 10.5. The highest BCUT2D eigenvalue weighted by atomic mass is 32.1. The molecule has 0 atom stereocenters. The largest absolute Gasteiger partial charge is 0.350 e. The number of nitrogens with one attached hydrogen (secondary N) is 1. The second kappa shape index (κ2) is 4.05. The summed E-state index contributed by atoms with van der Waals surface area (Å²) in [7, 11) is 0. The zero-order valence-corrected chi connectivity index (χ0v) is 6.73.